The average Bonchev–Trinajstić information content (AvgIpc) is 2.14. The van der Waals surface area contributed by atoms with Gasteiger partial charge in [0.2, 0.25) is 0 Å². The van der Waals surface area contributed by atoms with Gasteiger partial charge in [-0.2, -0.15) is 8.78 Å². The number of halogens is 4. The summed E-state index contributed by atoms with van der Waals surface area (Å²) in [7, 11) is 0. The minimum atomic E-state index is -4.18. The summed E-state index contributed by atoms with van der Waals surface area (Å²) in [5, 5.41) is 9.03. The zero-order valence-electron chi connectivity index (χ0n) is 8.26. The lowest BCUT2D eigenvalue weighted by Crippen LogP contribution is -2.34. The first kappa shape index (κ1) is 14.6. The molecule has 0 heterocycles. The second kappa shape index (κ2) is 6.97. The third kappa shape index (κ3) is 6.64. The van der Waals surface area contributed by atoms with Gasteiger partial charge in [-0.05, 0) is 6.92 Å². The van der Waals surface area contributed by atoms with Crippen LogP contribution in [0.4, 0.5) is 17.6 Å². The molecule has 0 aliphatic rings. The van der Waals surface area contributed by atoms with Crippen LogP contribution < -0.4 is 0 Å². The predicted octanol–water partition coefficient (Wildman–Crippen LogP) is 1.30. The predicted molar refractivity (Wildman–Crippen MR) is 44.3 cm³/mol. The Bertz CT molecular complexity index is 166. The van der Waals surface area contributed by atoms with Gasteiger partial charge in [0.05, 0.1) is 13.2 Å². The molecule has 0 rings (SSSR count). The molecule has 7 heteroatoms. The number of alkyl halides is 4. The molecule has 0 fully saturated rings. The standard InChI is InChI=1S/C8H14F4O3/c1-2-14-3-6(13)4-15-5-8(11,12)7(9)10/h6-7,13H,2-5H2,1H3. The summed E-state index contributed by atoms with van der Waals surface area (Å²) < 4.78 is 56.8. The van der Waals surface area contributed by atoms with Gasteiger partial charge in [0, 0.05) is 6.61 Å². The molecule has 0 radical (unpaired) electrons. The van der Waals surface area contributed by atoms with Gasteiger partial charge >= 0.3 is 12.3 Å². The third-order valence-corrected chi connectivity index (χ3v) is 1.44. The lowest BCUT2D eigenvalue weighted by molar-refractivity contribution is -0.172. The lowest BCUT2D eigenvalue weighted by Gasteiger charge is -2.16. The first-order chi connectivity index (χ1) is 6.90. The van der Waals surface area contributed by atoms with E-state index in [9.17, 15) is 17.6 Å². The van der Waals surface area contributed by atoms with Gasteiger partial charge in [-0.1, -0.05) is 0 Å². The second-order valence-electron chi connectivity index (χ2n) is 2.89. The number of aliphatic hydroxyl groups is 1. The molecule has 0 aromatic carbocycles. The van der Waals surface area contributed by atoms with Crippen molar-refractivity contribution >= 4 is 0 Å². The van der Waals surface area contributed by atoms with Crippen molar-refractivity contribution in [1.82, 2.24) is 0 Å². The van der Waals surface area contributed by atoms with E-state index in [1.54, 1.807) is 6.92 Å². The second-order valence-corrected chi connectivity index (χ2v) is 2.89. The number of aliphatic hydroxyl groups excluding tert-OH is 1. The Balaban J connectivity index is 3.60. The van der Waals surface area contributed by atoms with Crippen molar-refractivity contribution in [3.05, 3.63) is 0 Å². The van der Waals surface area contributed by atoms with E-state index in [1.165, 1.54) is 0 Å². The van der Waals surface area contributed by atoms with Crippen LogP contribution in [0.15, 0.2) is 0 Å². The van der Waals surface area contributed by atoms with Crippen LogP contribution in [0.1, 0.15) is 6.92 Å². The molecule has 0 spiro atoms. The topological polar surface area (TPSA) is 38.7 Å². The zero-order valence-corrected chi connectivity index (χ0v) is 8.26. The maximum atomic E-state index is 12.3. The molecule has 0 aliphatic heterocycles. The van der Waals surface area contributed by atoms with Crippen LogP contribution in [0.2, 0.25) is 0 Å². The molecule has 0 aromatic rings. The van der Waals surface area contributed by atoms with E-state index in [0.29, 0.717) is 6.61 Å². The van der Waals surface area contributed by atoms with Crippen molar-refractivity contribution in [3.63, 3.8) is 0 Å². The minimum Gasteiger partial charge on any atom is -0.388 e. The summed E-state index contributed by atoms with van der Waals surface area (Å²) in [5.41, 5.74) is 0. The van der Waals surface area contributed by atoms with E-state index in [-0.39, 0.29) is 6.61 Å². The van der Waals surface area contributed by atoms with Gasteiger partial charge in [-0.25, -0.2) is 8.78 Å². The van der Waals surface area contributed by atoms with E-state index >= 15 is 0 Å². The smallest absolute Gasteiger partial charge is 0.330 e. The Morgan fingerprint density at radius 1 is 1.20 bits per heavy atom. The summed E-state index contributed by atoms with van der Waals surface area (Å²) in [6.07, 6.45) is -4.85. The molecule has 3 nitrogen and oxygen atoms in total. The van der Waals surface area contributed by atoms with Crippen LogP contribution in [0.3, 0.4) is 0 Å². The van der Waals surface area contributed by atoms with Gasteiger partial charge in [-0.3, -0.25) is 0 Å². The van der Waals surface area contributed by atoms with Crippen LogP contribution in [-0.4, -0.2) is 50.0 Å². The van der Waals surface area contributed by atoms with Crippen molar-refractivity contribution in [2.24, 2.45) is 0 Å². The molecule has 1 atom stereocenters. The van der Waals surface area contributed by atoms with Gasteiger partial charge in [0.1, 0.15) is 12.7 Å². The summed E-state index contributed by atoms with van der Waals surface area (Å²) in [6.45, 7) is 0.121. The highest BCUT2D eigenvalue weighted by molar-refractivity contribution is 4.68. The number of hydrogen-bond acceptors (Lipinski definition) is 3. The molecule has 0 aliphatic carbocycles. The van der Waals surface area contributed by atoms with Gasteiger partial charge in [-0.15, -0.1) is 0 Å². The van der Waals surface area contributed by atoms with Crippen molar-refractivity contribution < 1.29 is 32.1 Å². The first-order valence-electron chi connectivity index (χ1n) is 4.39. The Morgan fingerprint density at radius 2 is 1.73 bits per heavy atom. The van der Waals surface area contributed by atoms with E-state index in [0.717, 1.165) is 0 Å². The van der Waals surface area contributed by atoms with Crippen molar-refractivity contribution in [2.45, 2.75) is 25.4 Å². The Morgan fingerprint density at radius 3 is 2.20 bits per heavy atom. The quantitative estimate of drug-likeness (QED) is 0.643. The molecular weight excluding hydrogens is 220 g/mol. The monoisotopic (exact) mass is 234 g/mol. The molecule has 15 heavy (non-hydrogen) atoms. The maximum absolute atomic E-state index is 12.3. The fraction of sp³-hybridized carbons (Fsp3) is 1.00. The van der Waals surface area contributed by atoms with Gasteiger partial charge in [0.25, 0.3) is 0 Å². The fourth-order valence-electron chi connectivity index (χ4n) is 0.696. The van der Waals surface area contributed by atoms with Crippen molar-refractivity contribution in [1.29, 1.82) is 0 Å². The highest BCUT2D eigenvalue weighted by Crippen LogP contribution is 2.22. The van der Waals surface area contributed by atoms with Crippen LogP contribution in [0.25, 0.3) is 0 Å². The highest BCUT2D eigenvalue weighted by atomic mass is 19.3. The number of ether oxygens (including phenoxy) is 2. The molecule has 0 amide bonds. The van der Waals surface area contributed by atoms with E-state index < -0.39 is 31.7 Å². The summed E-state index contributed by atoms with van der Waals surface area (Å²) in [4.78, 5) is 0. The molecular formula is C8H14F4O3. The van der Waals surface area contributed by atoms with Crippen molar-refractivity contribution in [2.75, 3.05) is 26.4 Å². The number of rotatable bonds is 8. The largest absolute Gasteiger partial charge is 0.388 e. The molecule has 0 aromatic heterocycles. The summed E-state index contributed by atoms with van der Waals surface area (Å²) in [5.74, 6) is -4.18. The first-order valence-corrected chi connectivity index (χ1v) is 4.39. The highest BCUT2D eigenvalue weighted by Gasteiger charge is 2.41. The fourth-order valence-corrected chi connectivity index (χ4v) is 0.696. The van der Waals surface area contributed by atoms with Gasteiger partial charge in [0.15, 0.2) is 0 Å². The lowest BCUT2D eigenvalue weighted by atomic mass is 10.3. The summed E-state index contributed by atoms with van der Waals surface area (Å²) in [6, 6.07) is 0. The van der Waals surface area contributed by atoms with E-state index in [4.69, 9.17) is 9.84 Å². The van der Waals surface area contributed by atoms with Crippen LogP contribution in [0, 0.1) is 0 Å². The number of hydrogen-bond donors (Lipinski definition) is 1. The molecule has 0 bridgehead atoms. The van der Waals surface area contributed by atoms with Crippen LogP contribution in [-0.2, 0) is 9.47 Å². The molecule has 0 saturated carbocycles. The molecule has 1 unspecified atom stereocenters. The van der Waals surface area contributed by atoms with Crippen LogP contribution in [0.5, 0.6) is 0 Å². The Hall–Kier alpha value is -0.400. The minimum absolute atomic E-state index is 0.0727. The third-order valence-electron chi connectivity index (χ3n) is 1.44. The molecule has 92 valence electrons. The summed E-state index contributed by atoms with van der Waals surface area (Å²) >= 11 is 0. The SMILES string of the molecule is CCOCC(O)COCC(F)(F)C(F)F. The Kier molecular flexibility index (Phi) is 6.78. The average molecular weight is 234 g/mol. The van der Waals surface area contributed by atoms with Crippen molar-refractivity contribution in [3.8, 4) is 0 Å². The Labute approximate surface area is 85.0 Å². The maximum Gasteiger partial charge on any atom is 0.330 e. The van der Waals surface area contributed by atoms with Gasteiger partial charge < -0.3 is 14.6 Å². The van der Waals surface area contributed by atoms with E-state index in [2.05, 4.69) is 4.74 Å². The van der Waals surface area contributed by atoms with E-state index in [1.807, 2.05) is 0 Å². The molecule has 1 N–H and O–H groups in total. The molecule has 0 saturated heterocycles. The zero-order chi connectivity index (χ0) is 11.9. The normalized spacial score (nSPS) is 14.6. The van der Waals surface area contributed by atoms with Crippen LogP contribution >= 0.6 is 0 Å².